The van der Waals surface area contributed by atoms with Crippen LogP contribution in [0.3, 0.4) is 0 Å². The van der Waals surface area contributed by atoms with Gasteiger partial charge in [0.25, 0.3) is 0 Å². The molecule has 0 radical (unpaired) electrons. The Hall–Kier alpha value is -2.14. The number of rotatable bonds is 4. The number of H-pyrrole nitrogens is 1. The van der Waals surface area contributed by atoms with Crippen LogP contribution in [0.2, 0.25) is 0 Å². The molecule has 0 fully saturated rings. The lowest BCUT2D eigenvalue weighted by atomic mass is 10.1. The van der Waals surface area contributed by atoms with Crippen LogP contribution in [-0.4, -0.2) is 15.9 Å². The van der Waals surface area contributed by atoms with Crippen molar-refractivity contribution in [3.8, 4) is 0 Å². The number of aromatic nitrogens is 2. The van der Waals surface area contributed by atoms with Crippen LogP contribution >= 0.6 is 15.9 Å². The maximum atomic E-state index is 12.0. The van der Waals surface area contributed by atoms with E-state index in [0.717, 1.165) is 21.1 Å². The summed E-state index contributed by atoms with van der Waals surface area (Å²) in [5.74, 6) is 0.449. The maximum Gasteiger partial charge on any atom is 0.227 e. The van der Waals surface area contributed by atoms with Gasteiger partial charge in [-0.05, 0) is 36.2 Å². The van der Waals surface area contributed by atoms with Crippen molar-refractivity contribution in [1.82, 2.24) is 9.97 Å². The molecule has 5 heteroatoms. The number of nitrogens with one attached hydrogen (secondary N) is 2. The van der Waals surface area contributed by atoms with Crippen LogP contribution in [0.4, 0.5) is 5.95 Å². The Morgan fingerprint density at radius 2 is 2.05 bits per heavy atom. The van der Waals surface area contributed by atoms with Crippen molar-refractivity contribution >= 4 is 38.8 Å². The molecule has 1 heterocycles. The van der Waals surface area contributed by atoms with Crippen molar-refractivity contribution in [3.63, 3.8) is 0 Å². The highest BCUT2D eigenvalue weighted by Crippen LogP contribution is 2.15. The predicted molar refractivity (Wildman–Crippen MR) is 87.2 cm³/mol. The standard InChI is InChI=1S/C16H14BrN3O/c17-12-5-3-4-11(10-12)8-9-15(21)20-16-18-13-6-1-2-7-14(13)19-16/h1-7,10H,8-9H2,(H2,18,19,20,21). The molecule has 0 bridgehead atoms. The molecule has 3 rings (SSSR count). The van der Waals surface area contributed by atoms with Gasteiger partial charge in [-0.3, -0.25) is 10.1 Å². The highest BCUT2D eigenvalue weighted by Gasteiger charge is 2.07. The number of amides is 1. The van der Waals surface area contributed by atoms with Crippen LogP contribution in [-0.2, 0) is 11.2 Å². The average molecular weight is 344 g/mol. The lowest BCUT2D eigenvalue weighted by molar-refractivity contribution is -0.116. The van der Waals surface area contributed by atoms with E-state index in [-0.39, 0.29) is 5.91 Å². The summed E-state index contributed by atoms with van der Waals surface area (Å²) < 4.78 is 1.03. The molecular formula is C16H14BrN3O. The first-order chi connectivity index (χ1) is 10.2. The number of aryl methyl sites for hydroxylation is 1. The van der Waals surface area contributed by atoms with Crippen LogP contribution in [0.5, 0.6) is 0 Å². The summed E-state index contributed by atoms with van der Waals surface area (Å²) in [6, 6.07) is 15.7. The second kappa shape index (κ2) is 6.10. The molecule has 0 aliphatic rings. The number of halogens is 1. The number of benzene rings is 2. The fraction of sp³-hybridized carbons (Fsp3) is 0.125. The van der Waals surface area contributed by atoms with Gasteiger partial charge in [-0.2, -0.15) is 0 Å². The van der Waals surface area contributed by atoms with Gasteiger partial charge in [0.1, 0.15) is 0 Å². The largest absolute Gasteiger partial charge is 0.324 e. The van der Waals surface area contributed by atoms with Gasteiger partial charge in [-0.1, -0.05) is 40.2 Å². The Morgan fingerprint density at radius 3 is 2.86 bits per heavy atom. The van der Waals surface area contributed by atoms with Crippen LogP contribution < -0.4 is 5.32 Å². The number of anilines is 1. The zero-order chi connectivity index (χ0) is 14.7. The molecule has 0 unspecified atom stereocenters. The van der Waals surface area contributed by atoms with Gasteiger partial charge in [0.2, 0.25) is 11.9 Å². The number of carbonyl (C=O) groups excluding carboxylic acids is 1. The van der Waals surface area contributed by atoms with Crippen LogP contribution in [0, 0.1) is 0 Å². The van der Waals surface area contributed by atoms with Crippen molar-refractivity contribution in [1.29, 1.82) is 0 Å². The van der Waals surface area contributed by atoms with Gasteiger partial charge in [0.15, 0.2) is 0 Å². The van der Waals surface area contributed by atoms with Gasteiger partial charge in [-0.25, -0.2) is 4.98 Å². The third kappa shape index (κ3) is 3.49. The number of imidazole rings is 1. The van der Waals surface area contributed by atoms with Crippen molar-refractivity contribution in [2.45, 2.75) is 12.8 Å². The molecule has 0 aliphatic carbocycles. The molecule has 21 heavy (non-hydrogen) atoms. The SMILES string of the molecule is O=C(CCc1cccc(Br)c1)Nc1nc2ccccc2[nH]1. The summed E-state index contributed by atoms with van der Waals surface area (Å²) in [7, 11) is 0. The zero-order valence-corrected chi connectivity index (χ0v) is 12.9. The van der Waals surface area contributed by atoms with Gasteiger partial charge in [-0.15, -0.1) is 0 Å². The van der Waals surface area contributed by atoms with Crippen LogP contribution in [0.15, 0.2) is 53.0 Å². The first-order valence-electron chi connectivity index (χ1n) is 6.70. The number of para-hydroxylation sites is 2. The minimum Gasteiger partial charge on any atom is -0.324 e. The summed E-state index contributed by atoms with van der Waals surface area (Å²) in [4.78, 5) is 19.4. The van der Waals surface area contributed by atoms with Gasteiger partial charge in [0, 0.05) is 10.9 Å². The summed E-state index contributed by atoms with van der Waals surface area (Å²) in [6.45, 7) is 0. The van der Waals surface area contributed by atoms with Gasteiger partial charge in [0.05, 0.1) is 11.0 Å². The second-order valence-electron chi connectivity index (χ2n) is 4.78. The Balaban J connectivity index is 1.61. The van der Waals surface area contributed by atoms with Gasteiger partial charge < -0.3 is 4.98 Å². The summed E-state index contributed by atoms with van der Waals surface area (Å²) in [6.07, 6.45) is 1.12. The molecule has 0 saturated heterocycles. The minimum absolute atomic E-state index is 0.0472. The predicted octanol–water partition coefficient (Wildman–Crippen LogP) is 3.90. The molecule has 1 amide bonds. The molecule has 106 valence electrons. The van der Waals surface area contributed by atoms with Crippen molar-refractivity contribution in [3.05, 3.63) is 58.6 Å². The summed E-state index contributed by atoms with van der Waals surface area (Å²) in [5.41, 5.74) is 2.89. The van der Waals surface area contributed by atoms with E-state index in [1.54, 1.807) is 0 Å². The third-order valence-corrected chi connectivity index (χ3v) is 3.67. The lowest BCUT2D eigenvalue weighted by Gasteiger charge is -2.03. The quantitative estimate of drug-likeness (QED) is 0.754. The number of hydrogen-bond acceptors (Lipinski definition) is 2. The van der Waals surface area contributed by atoms with E-state index in [1.807, 2.05) is 48.5 Å². The Labute approximate surface area is 130 Å². The van der Waals surface area contributed by atoms with Crippen molar-refractivity contribution < 1.29 is 4.79 Å². The van der Waals surface area contributed by atoms with E-state index in [2.05, 4.69) is 31.2 Å². The monoisotopic (exact) mass is 343 g/mol. The Morgan fingerprint density at radius 1 is 1.19 bits per heavy atom. The van der Waals surface area contributed by atoms with Gasteiger partial charge >= 0.3 is 0 Å². The van der Waals surface area contributed by atoms with E-state index in [1.165, 1.54) is 0 Å². The lowest BCUT2D eigenvalue weighted by Crippen LogP contribution is -2.13. The first-order valence-corrected chi connectivity index (χ1v) is 7.49. The normalized spacial score (nSPS) is 10.7. The topological polar surface area (TPSA) is 57.8 Å². The minimum atomic E-state index is -0.0472. The smallest absolute Gasteiger partial charge is 0.227 e. The van der Waals surface area contributed by atoms with E-state index in [0.29, 0.717) is 18.8 Å². The van der Waals surface area contributed by atoms with E-state index < -0.39 is 0 Å². The van der Waals surface area contributed by atoms with Crippen LogP contribution in [0.25, 0.3) is 11.0 Å². The molecule has 2 aromatic carbocycles. The number of nitrogens with zero attached hydrogens (tertiary/aromatic N) is 1. The van der Waals surface area contributed by atoms with E-state index in [4.69, 9.17) is 0 Å². The molecular weight excluding hydrogens is 330 g/mol. The van der Waals surface area contributed by atoms with Crippen LogP contribution in [0.1, 0.15) is 12.0 Å². The first kappa shape index (κ1) is 13.8. The average Bonchev–Trinajstić information content (AvgIpc) is 2.87. The number of hydrogen-bond donors (Lipinski definition) is 2. The fourth-order valence-corrected chi connectivity index (χ4v) is 2.60. The highest BCUT2D eigenvalue weighted by molar-refractivity contribution is 9.10. The molecule has 4 nitrogen and oxygen atoms in total. The Bertz CT molecular complexity index is 749. The zero-order valence-electron chi connectivity index (χ0n) is 11.3. The Kier molecular flexibility index (Phi) is 4.01. The molecule has 0 spiro atoms. The summed E-state index contributed by atoms with van der Waals surface area (Å²) >= 11 is 3.43. The molecule has 3 aromatic rings. The molecule has 0 atom stereocenters. The fourth-order valence-electron chi connectivity index (χ4n) is 2.16. The summed E-state index contributed by atoms with van der Waals surface area (Å²) in [5, 5.41) is 2.80. The molecule has 1 aromatic heterocycles. The number of carbonyl (C=O) groups is 1. The third-order valence-electron chi connectivity index (χ3n) is 3.18. The molecule has 2 N–H and O–H groups in total. The molecule has 0 aliphatic heterocycles. The van der Waals surface area contributed by atoms with Crippen molar-refractivity contribution in [2.75, 3.05) is 5.32 Å². The van der Waals surface area contributed by atoms with E-state index >= 15 is 0 Å². The number of aromatic amines is 1. The highest BCUT2D eigenvalue weighted by atomic mass is 79.9. The molecule has 0 saturated carbocycles. The number of fused-ring (bicyclic) bond motifs is 1. The van der Waals surface area contributed by atoms with E-state index in [9.17, 15) is 4.79 Å². The second-order valence-corrected chi connectivity index (χ2v) is 5.70. The van der Waals surface area contributed by atoms with Crippen molar-refractivity contribution in [2.24, 2.45) is 0 Å². The maximum absolute atomic E-state index is 12.0.